The van der Waals surface area contributed by atoms with Crippen molar-refractivity contribution in [3.8, 4) is 0 Å². The van der Waals surface area contributed by atoms with Gasteiger partial charge in [-0.1, -0.05) is 55.8 Å². The van der Waals surface area contributed by atoms with Crippen molar-refractivity contribution in [2.24, 2.45) is 5.92 Å². The van der Waals surface area contributed by atoms with Gasteiger partial charge in [-0.05, 0) is 52.4 Å². The van der Waals surface area contributed by atoms with Gasteiger partial charge in [-0.25, -0.2) is 4.68 Å². The molecule has 172 valence electrons. The van der Waals surface area contributed by atoms with Crippen LogP contribution in [0.3, 0.4) is 0 Å². The smallest absolute Gasteiger partial charge is 0.252 e. The Labute approximate surface area is 192 Å². The molecule has 33 heavy (non-hydrogen) atoms. The molecule has 0 aliphatic carbocycles. The molecule has 0 radical (unpaired) electrons. The maximum atomic E-state index is 12.9. The number of hydrogen-bond donors (Lipinski definition) is 2. The molecular weight excluding hydrogens is 416 g/mol. The summed E-state index contributed by atoms with van der Waals surface area (Å²) in [6, 6.07) is 17.8. The lowest BCUT2D eigenvalue weighted by Crippen LogP contribution is -2.37. The number of H-pyrrole nitrogens is 1. The fourth-order valence-corrected chi connectivity index (χ4v) is 4.33. The summed E-state index contributed by atoms with van der Waals surface area (Å²) >= 11 is 0. The number of nitrogens with one attached hydrogen (secondary N) is 1. The first-order valence-corrected chi connectivity index (χ1v) is 11.2. The molecule has 8 heteroatoms. The number of aromatic nitrogens is 5. The van der Waals surface area contributed by atoms with Gasteiger partial charge in [0.2, 0.25) is 0 Å². The van der Waals surface area contributed by atoms with Crippen molar-refractivity contribution in [1.82, 2.24) is 30.1 Å². The Morgan fingerprint density at radius 3 is 2.64 bits per heavy atom. The van der Waals surface area contributed by atoms with Gasteiger partial charge in [0.1, 0.15) is 0 Å². The molecule has 0 aliphatic heterocycles. The minimum Gasteiger partial charge on any atom is -0.395 e. The summed E-state index contributed by atoms with van der Waals surface area (Å²) in [5, 5.41) is 23.4. The van der Waals surface area contributed by atoms with Gasteiger partial charge in [-0.2, -0.15) is 0 Å². The summed E-state index contributed by atoms with van der Waals surface area (Å²) in [7, 11) is 0. The second-order valence-electron chi connectivity index (χ2n) is 8.78. The van der Waals surface area contributed by atoms with Crippen LogP contribution < -0.4 is 5.56 Å². The highest BCUT2D eigenvalue weighted by molar-refractivity contribution is 5.79. The van der Waals surface area contributed by atoms with Gasteiger partial charge in [0.15, 0.2) is 5.82 Å². The topological polar surface area (TPSA) is 99.9 Å². The Balaban J connectivity index is 1.69. The Kier molecular flexibility index (Phi) is 6.96. The van der Waals surface area contributed by atoms with E-state index in [2.05, 4.69) is 45.3 Å². The maximum absolute atomic E-state index is 12.9. The number of rotatable bonds is 9. The molecule has 0 bridgehead atoms. The van der Waals surface area contributed by atoms with Crippen LogP contribution in [0.15, 0.2) is 59.4 Å². The van der Waals surface area contributed by atoms with Gasteiger partial charge >= 0.3 is 0 Å². The maximum Gasteiger partial charge on any atom is 0.252 e. The van der Waals surface area contributed by atoms with E-state index in [1.165, 1.54) is 0 Å². The van der Waals surface area contributed by atoms with E-state index in [0.717, 1.165) is 27.9 Å². The van der Waals surface area contributed by atoms with Crippen molar-refractivity contribution in [3.05, 3.63) is 87.5 Å². The average molecular weight is 447 g/mol. The molecule has 2 N–H and O–H groups in total. The third-order valence-electron chi connectivity index (χ3n) is 5.86. The monoisotopic (exact) mass is 446 g/mol. The molecule has 1 atom stereocenters. The number of aryl methyl sites for hydroxylation is 1. The fourth-order valence-electron chi connectivity index (χ4n) is 4.33. The molecule has 0 amide bonds. The summed E-state index contributed by atoms with van der Waals surface area (Å²) < 4.78 is 1.80. The van der Waals surface area contributed by atoms with Crippen molar-refractivity contribution < 1.29 is 5.11 Å². The molecular formula is C25H30N6O2. The van der Waals surface area contributed by atoms with Gasteiger partial charge in [0.25, 0.3) is 5.56 Å². The van der Waals surface area contributed by atoms with Gasteiger partial charge in [-0.15, -0.1) is 5.10 Å². The zero-order valence-electron chi connectivity index (χ0n) is 19.3. The van der Waals surface area contributed by atoms with Crippen molar-refractivity contribution in [2.45, 2.75) is 39.9 Å². The van der Waals surface area contributed by atoms with Crippen LogP contribution in [-0.2, 0) is 13.1 Å². The summed E-state index contributed by atoms with van der Waals surface area (Å²) in [4.78, 5) is 17.9. The highest BCUT2D eigenvalue weighted by Crippen LogP contribution is 2.28. The molecule has 1 unspecified atom stereocenters. The number of pyridine rings is 1. The average Bonchev–Trinajstić information content (AvgIpc) is 3.22. The van der Waals surface area contributed by atoms with E-state index >= 15 is 0 Å². The van der Waals surface area contributed by atoms with E-state index < -0.39 is 0 Å². The number of nitrogens with zero attached hydrogens (tertiary/aromatic N) is 5. The number of fused-ring (bicyclic) bond motifs is 1. The Hall–Kier alpha value is -3.36. The van der Waals surface area contributed by atoms with E-state index in [1.54, 1.807) is 4.68 Å². The molecule has 0 aliphatic rings. The molecule has 2 aromatic heterocycles. The van der Waals surface area contributed by atoms with Crippen LogP contribution in [0.25, 0.3) is 10.9 Å². The second kappa shape index (κ2) is 10.1. The molecule has 4 rings (SSSR count). The van der Waals surface area contributed by atoms with E-state index in [1.807, 2.05) is 55.5 Å². The zero-order chi connectivity index (χ0) is 23.4. The predicted molar refractivity (Wildman–Crippen MR) is 128 cm³/mol. The fraction of sp³-hybridized carbons (Fsp3) is 0.360. The first-order valence-electron chi connectivity index (χ1n) is 11.2. The molecule has 0 saturated heterocycles. The minimum absolute atomic E-state index is 0.0337. The highest BCUT2D eigenvalue weighted by Gasteiger charge is 2.29. The van der Waals surface area contributed by atoms with Crippen molar-refractivity contribution in [3.63, 3.8) is 0 Å². The van der Waals surface area contributed by atoms with E-state index in [0.29, 0.717) is 25.2 Å². The molecule has 4 aromatic rings. The quantitative estimate of drug-likeness (QED) is 0.410. The summed E-state index contributed by atoms with van der Waals surface area (Å²) in [5.74, 6) is 0.870. The molecule has 0 saturated carbocycles. The largest absolute Gasteiger partial charge is 0.395 e. The van der Waals surface area contributed by atoms with Crippen molar-refractivity contribution >= 4 is 10.9 Å². The summed E-state index contributed by atoms with van der Waals surface area (Å²) in [5.41, 5.74) is 3.57. The number of benzene rings is 2. The first kappa shape index (κ1) is 22.8. The van der Waals surface area contributed by atoms with E-state index in [9.17, 15) is 9.90 Å². The van der Waals surface area contributed by atoms with Gasteiger partial charge in [0.05, 0.1) is 19.2 Å². The molecule has 2 aromatic carbocycles. The van der Waals surface area contributed by atoms with Crippen LogP contribution >= 0.6 is 0 Å². The van der Waals surface area contributed by atoms with Crippen LogP contribution in [0.4, 0.5) is 0 Å². The number of tetrazole rings is 1. The standard InChI is InChI=1S/C25H30N6O2/c1-17(2)23(24-27-28-29-31(24)15-19-7-5-4-6-8-19)30(11-12-32)16-21-14-20-13-18(3)9-10-22(20)26-25(21)33/h4-10,13-14,17,23,32H,11-12,15-16H2,1-3H3,(H,26,33). The molecule has 2 heterocycles. The Morgan fingerprint density at radius 2 is 1.91 bits per heavy atom. The van der Waals surface area contributed by atoms with Gasteiger partial charge in [-0.3, -0.25) is 9.69 Å². The summed E-state index contributed by atoms with van der Waals surface area (Å²) in [6.45, 7) is 7.52. The van der Waals surface area contributed by atoms with Crippen LogP contribution in [0.5, 0.6) is 0 Å². The van der Waals surface area contributed by atoms with Crippen LogP contribution in [0, 0.1) is 12.8 Å². The second-order valence-corrected chi connectivity index (χ2v) is 8.78. The van der Waals surface area contributed by atoms with E-state index in [4.69, 9.17) is 0 Å². The lowest BCUT2D eigenvalue weighted by atomic mass is 10.00. The zero-order valence-corrected chi connectivity index (χ0v) is 19.3. The van der Waals surface area contributed by atoms with Crippen molar-refractivity contribution in [2.75, 3.05) is 13.2 Å². The minimum atomic E-state index is -0.177. The normalized spacial score (nSPS) is 12.7. The Bertz CT molecular complexity index is 1260. The lowest BCUT2D eigenvalue weighted by Gasteiger charge is -2.33. The lowest BCUT2D eigenvalue weighted by molar-refractivity contribution is 0.106. The molecule has 0 spiro atoms. The number of hydrogen-bond acceptors (Lipinski definition) is 6. The first-order chi connectivity index (χ1) is 16.0. The summed E-state index contributed by atoms with van der Waals surface area (Å²) in [6.07, 6.45) is 0. The van der Waals surface area contributed by atoms with E-state index in [-0.39, 0.29) is 24.1 Å². The molecule has 8 nitrogen and oxygen atoms in total. The third kappa shape index (κ3) is 5.18. The van der Waals surface area contributed by atoms with Crippen molar-refractivity contribution in [1.29, 1.82) is 0 Å². The van der Waals surface area contributed by atoms with Crippen LogP contribution in [-0.4, -0.2) is 48.3 Å². The number of aliphatic hydroxyl groups is 1. The third-order valence-corrected chi connectivity index (χ3v) is 5.86. The van der Waals surface area contributed by atoms with Gasteiger partial charge < -0.3 is 10.1 Å². The number of aliphatic hydroxyl groups excluding tert-OH is 1. The van der Waals surface area contributed by atoms with Crippen LogP contribution in [0.1, 0.15) is 42.4 Å². The van der Waals surface area contributed by atoms with Crippen LogP contribution in [0.2, 0.25) is 0 Å². The predicted octanol–water partition coefficient (Wildman–Crippen LogP) is 3.06. The Morgan fingerprint density at radius 1 is 1.12 bits per heavy atom. The number of aromatic amines is 1. The van der Waals surface area contributed by atoms with Gasteiger partial charge in [0, 0.05) is 24.2 Å². The highest BCUT2D eigenvalue weighted by atomic mass is 16.3. The SMILES string of the molecule is Cc1ccc2[nH]c(=O)c(CN(CCO)C(c3nnnn3Cc3ccccc3)C(C)C)cc2c1. The molecule has 0 fully saturated rings.